The van der Waals surface area contributed by atoms with Crippen molar-refractivity contribution in [1.29, 1.82) is 0 Å². The lowest BCUT2D eigenvalue weighted by Gasteiger charge is -2.30. The van der Waals surface area contributed by atoms with Gasteiger partial charge in [0.25, 0.3) is 5.91 Å². The number of nitrogens with zero attached hydrogens (tertiary/aromatic N) is 2. The minimum absolute atomic E-state index is 0.0380. The van der Waals surface area contributed by atoms with Crippen LogP contribution in [0.2, 0.25) is 5.02 Å². The Kier molecular flexibility index (Phi) is 6.35. The molecule has 2 aromatic carbocycles. The van der Waals surface area contributed by atoms with Crippen LogP contribution in [0.1, 0.15) is 48.0 Å². The number of rotatable bonds is 5. The van der Waals surface area contributed by atoms with E-state index in [9.17, 15) is 13.2 Å². The van der Waals surface area contributed by atoms with Crippen molar-refractivity contribution in [2.24, 2.45) is 0 Å². The fraction of sp³-hybridized carbons (Fsp3) is 0.364. The van der Waals surface area contributed by atoms with Gasteiger partial charge in [-0.15, -0.1) is 0 Å². The lowest BCUT2D eigenvalue weighted by molar-refractivity contribution is 0.102. The van der Waals surface area contributed by atoms with E-state index in [1.807, 2.05) is 19.1 Å². The number of thiazole rings is 1. The van der Waals surface area contributed by atoms with Crippen LogP contribution >= 0.6 is 22.9 Å². The fourth-order valence-corrected chi connectivity index (χ4v) is 6.54. The van der Waals surface area contributed by atoms with Gasteiger partial charge >= 0.3 is 0 Å². The van der Waals surface area contributed by atoms with Gasteiger partial charge in [-0.3, -0.25) is 10.1 Å². The number of sulfonamides is 1. The second-order valence-electron chi connectivity index (χ2n) is 7.85. The third kappa shape index (κ3) is 4.48. The maximum atomic E-state index is 13.0. The highest BCUT2D eigenvalue weighted by atomic mass is 35.5. The van der Waals surface area contributed by atoms with Gasteiger partial charge in [-0.05, 0) is 55.7 Å². The second-order valence-corrected chi connectivity index (χ2v) is 11.3. The highest BCUT2D eigenvalue weighted by molar-refractivity contribution is 7.89. The minimum atomic E-state index is -3.59. The number of hydrogen-bond donors (Lipinski definition) is 1. The molecule has 1 N–H and O–H groups in total. The first-order valence-corrected chi connectivity index (χ1v) is 12.9. The van der Waals surface area contributed by atoms with Gasteiger partial charge in [0.1, 0.15) is 0 Å². The Labute approximate surface area is 191 Å². The number of carbonyl (C=O) groups is 1. The largest absolute Gasteiger partial charge is 0.298 e. The molecule has 0 aliphatic heterocycles. The number of halogens is 1. The lowest BCUT2D eigenvalue weighted by Crippen LogP contribution is -2.38. The maximum Gasteiger partial charge on any atom is 0.257 e. The highest BCUT2D eigenvalue weighted by Crippen LogP contribution is 2.34. The average Bonchev–Trinajstić information content (AvgIpc) is 3.21. The summed E-state index contributed by atoms with van der Waals surface area (Å²) in [4.78, 5) is 17.3. The second kappa shape index (κ2) is 8.86. The van der Waals surface area contributed by atoms with Crippen LogP contribution in [0.5, 0.6) is 0 Å². The average molecular weight is 478 g/mol. The van der Waals surface area contributed by atoms with Crippen LogP contribution in [0, 0.1) is 6.92 Å². The summed E-state index contributed by atoms with van der Waals surface area (Å²) in [7, 11) is -1.95. The summed E-state index contributed by atoms with van der Waals surface area (Å²) in [5.41, 5.74) is 2.11. The Bertz CT molecular complexity index is 1180. The van der Waals surface area contributed by atoms with Crippen molar-refractivity contribution in [3.8, 4) is 0 Å². The molecule has 164 valence electrons. The summed E-state index contributed by atoms with van der Waals surface area (Å²) < 4.78 is 28.2. The van der Waals surface area contributed by atoms with Crippen LogP contribution in [-0.4, -0.2) is 36.7 Å². The number of aromatic nitrogens is 1. The zero-order valence-corrected chi connectivity index (χ0v) is 19.8. The van der Waals surface area contributed by atoms with Gasteiger partial charge < -0.3 is 0 Å². The summed E-state index contributed by atoms with van der Waals surface area (Å²) in [6, 6.07) is 9.78. The SMILES string of the molecule is Cc1ccc(Cl)c2sc(NC(=O)c3ccc(S(=O)(=O)N(C)C4CCCCC4)cc3)nc12. The van der Waals surface area contributed by atoms with E-state index in [1.54, 1.807) is 7.05 Å². The molecule has 9 heteroatoms. The van der Waals surface area contributed by atoms with Gasteiger partial charge in [0.2, 0.25) is 10.0 Å². The number of aryl methyl sites for hydroxylation is 1. The van der Waals surface area contributed by atoms with E-state index in [-0.39, 0.29) is 16.8 Å². The molecular weight excluding hydrogens is 454 g/mol. The van der Waals surface area contributed by atoms with Crippen LogP contribution in [0.4, 0.5) is 5.13 Å². The van der Waals surface area contributed by atoms with E-state index in [2.05, 4.69) is 10.3 Å². The van der Waals surface area contributed by atoms with Crippen molar-refractivity contribution in [2.75, 3.05) is 12.4 Å². The number of hydrogen-bond acceptors (Lipinski definition) is 5. The molecule has 4 rings (SSSR count). The predicted octanol–water partition coefficient (Wildman–Crippen LogP) is 5.46. The molecule has 6 nitrogen and oxygen atoms in total. The van der Waals surface area contributed by atoms with E-state index in [0.717, 1.165) is 47.9 Å². The van der Waals surface area contributed by atoms with E-state index in [1.165, 1.54) is 39.9 Å². The van der Waals surface area contributed by atoms with Gasteiger partial charge in [0.05, 0.1) is 20.1 Å². The number of nitrogens with one attached hydrogen (secondary N) is 1. The van der Waals surface area contributed by atoms with E-state index >= 15 is 0 Å². The summed E-state index contributed by atoms with van der Waals surface area (Å²) in [5, 5.41) is 3.83. The number of benzene rings is 2. The van der Waals surface area contributed by atoms with E-state index < -0.39 is 10.0 Å². The lowest BCUT2D eigenvalue weighted by atomic mass is 9.96. The molecule has 1 fully saturated rings. The Morgan fingerprint density at radius 3 is 2.45 bits per heavy atom. The van der Waals surface area contributed by atoms with Gasteiger partial charge in [-0.2, -0.15) is 4.31 Å². The molecule has 0 atom stereocenters. The topological polar surface area (TPSA) is 79.4 Å². The normalized spacial score (nSPS) is 15.5. The number of carbonyl (C=O) groups excluding carboxylic acids is 1. The maximum absolute atomic E-state index is 13.0. The highest BCUT2D eigenvalue weighted by Gasteiger charge is 2.29. The minimum Gasteiger partial charge on any atom is -0.298 e. The van der Waals surface area contributed by atoms with Crippen molar-refractivity contribution in [2.45, 2.75) is 50.0 Å². The molecule has 1 aliphatic carbocycles. The van der Waals surface area contributed by atoms with Gasteiger partial charge in [-0.25, -0.2) is 13.4 Å². The molecule has 1 heterocycles. The van der Waals surface area contributed by atoms with Crippen LogP contribution in [0.25, 0.3) is 10.2 Å². The Hall–Kier alpha value is -2.00. The van der Waals surface area contributed by atoms with Crippen LogP contribution in [-0.2, 0) is 10.0 Å². The van der Waals surface area contributed by atoms with Crippen molar-refractivity contribution in [1.82, 2.24) is 9.29 Å². The molecule has 0 spiro atoms. The van der Waals surface area contributed by atoms with E-state index in [4.69, 9.17) is 11.6 Å². The molecule has 0 radical (unpaired) electrons. The Balaban J connectivity index is 1.50. The summed E-state index contributed by atoms with van der Waals surface area (Å²) >= 11 is 7.55. The van der Waals surface area contributed by atoms with Gasteiger partial charge in [-0.1, -0.05) is 48.3 Å². The van der Waals surface area contributed by atoms with Crippen molar-refractivity contribution in [3.05, 3.63) is 52.5 Å². The van der Waals surface area contributed by atoms with Crippen molar-refractivity contribution in [3.63, 3.8) is 0 Å². The monoisotopic (exact) mass is 477 g/mol. The standard InChI is InChI=1S/C22H24ClN3O3S2/c1-14-8-13-18(23)20-19(14)24-22(30-20)25-21(27)15-9-11-17(12-10-15)31(28,29)26(2)16-6-4-3-5-7-16/h8-13,16H,3-7H2,1-2H3,(H,24,25,27). The molecule has 0 unspecified atom stereocenters. The van der Waals surface area contributed by atoms with Crippen molar-refractivity contribution < 1.29 is 13.2 Å². The van der Waals surface area contributed by atoms with E-state index in [0.29, 0.717) is 15.7 Å². The van der Waals surface area contributed by atoms with Crippen LogP contribution in [0.15, 0.2) is 41.3 Å². The third-order valence-corrected chi connectivity index (χ3v) is 9.16. The third-order valence-electron chi connectivity index (χ3n) is 5.80. The zero-order valence-electron chi connectivity index (χ0n) is 17.4. The van der Waals surface area contributed by atoms with Crippen LogP contribution in [0.3, 0.4) is 0 Å². The number of anilines is 1. The molecule has 1 amide bonds. The molecule has 1 aromatic heterocycles. The summed E-state index contributed by atoms with van der Waals surface area (Å²) in [6.07, 6.45) is 5.05. The molecular formula is C22H24ClN3O3S2. The quantitative estimate of drug-likeness (QED) is 0.528. The van der Waals surface area contributed by atoms with Crippen LogP contribution < -0.4 is 5.32 Å². The Morgan fingerprint density at radius 1 is 1.13 bits per heavy atom. The first kappa shape index (κ1) is 22.2. The molecule has 1 aliphatic rings. The molecule has 31 heavy (non-hydrogen) atoms. The summed E-state index contributed by atoms with van der Waals surface area (Å²) in [6.45, 7) is 1.94. The number of amides is 1. The predicted molar refractivity (Wildman–Crippen MR) is 126 cm³/mol. The summed E-state index contributed by atoms with van der Waals surface area (Å²) in [5.74, 6) is -0.350. The number of fused-ring (bicyclic) bond motifs is 1. The van der Waals surface area contributed by atoms with Crippen molar-refractivity contribution >= 4 is 54.2 Å². The fourth-order valence-electron chi connectivity index (χ4n) is 3.91. The van der Waals surface area contributed by atoms with Gasteiger partial charge in [0, 0.05) is 18.7 Å². The molecule has 3 aromatic rings. The first-order valence-electron chi connectivity index (χ1n) is 10.2. The zero-order chi connectivity index (χ0) is 22.2. The first-order chi connectivity index (χ1) is 14.8. The molecule has 0 bridgehead atoms. The molecule has 0 saturated heterocycles. The molecule has 1 saturated carbocycles. The smallest absolute Gasteiger partial charge is 0.257 e. The van der Waals surface area contributed by atoms with Gasteiger partial charge in [0.15, 0.2) is 5.13 Å². The Morgan fingerprint density at radius 2 is 1.81 bits per heavy atom.